The first-order chi connectivity index (χ1) is 15.1. The molecule has 0 N–H and O–H groups in total. The molecule has 2 nitrogen and oxygen atoms in total. The maximum atomic E-state index is 11.6. The monoisotopic (exact) mass is 554 g/mol. The molecular weight excluding hydrogens is 507 g/mol. The van der Waals surface area contributed by atoms with Gasteiger partial charge in [0, 0.05) is 13.3 Å². The van der Waals surface area contributed by atoms with E-state index in [1.54, 1.807) is 16.1 Å². The first-order valence-corrected chi connectivity index (χ1v) is 14.7. The second kappa shape index (κ2) is 9.53. The highest BCUT2D eigenvalue weighted by molar-refractivity contribution is 14.1. The number of ether oxygens (including phenoxy) is 1. The SMILES string of the molecule is CC(=O)O[C@H]1CC[C@@]2(C)C(=C(I)CC3C2CC[C@@]2(C)C3CC[C@@H]2[C@H](C)CCCC(C)C)C1. The number of hydrogen-bond donors (Lipinski definition) is 0. The average molecular weight is 555 g/mol. The Hall–Kier alpha value is -0.0600. The third kappa shape index (κ3) is 4.47. The molecule has 4 aliphatic carbocycles. The molecule has 0 aromatic rings. The smallest absolute Gasteiger partial charge is 0.302 e. The van der Waals surface area contributed by atoms with E-state index in [-0.39, 0.29) is 12.1 Å². The molecule has 0 aromatic heterocycles. The highest BCUT2D eigenvalue weighted by Gasteiger charge is 2.60. The number of carbonyl (C=O) groups is 1. The molecule has 32 heavy (non-hydrogen) atoms. The summed E-state index contributed by atoms with van der Waals surface area (Å²) in [5, 5.41) is 0. The van der Waals surface area contributed by atoms with Crippen molar-refractivity contribution < 1.29 is 9.53 Å². The van der Waals surface area contributed by atoms with Crippen LogP contribution < -0.4 is 0 Å². The third-order valence-corrected chi connectivity index (χ3v) is 11.7. The third-order valence-electron chi connectivity index (χ3n) is 10.6. The van der Waals surface area contributed by atoms with E-state index in [9.17, 15) is 4.79 Å². The van der Waals surface area contributed by atoms with Crippen molar-refractivity contribution >= 4 is 28.6 Å². The minimum Gasteiger partial charge on any atom is -0.462 e. The van der Waals surface area contributed by atoms with E-state index in [1.807, 2.05) is 0 Å². The topological polar surface area (TPSA) is 26.3 Å². The largest absolute Gasteiger partial charge is 0.462 e. The van der Waals surface area contributed by atoms with Gasteiger partial charge < -0.3 is 4.74 Å². The summed E-state index contributed by atoms with van der Waals surface area (Å²) in [4.78, 5) is 11.6. The molecule has 0 heterocycles. The van der Waals surface area contributed by atoms with Crippen molar-refractivity contribution in [2.75, 3.05) is 0 Å². The summed E-state index contributed by atoms with van der Waals surface area (Å²) < 4.78 is 7.28. The molecule has 0 aromatic carbocycles. The summed E-state index contributed by atoms with van der Waals surface area (Å²) in [6.07, 6.45) is 14.6. The zero-order chi connectivity index (χ0) is 23.3. The summed E-state index contributed by atoms with van der Waals surface area (Å²) >= 11 is 2.67. The summed E-state index contributed by atoms with van der Waals surface area (Å²) in [7, 11) is 0. The van der Waals surface area contributed by atoms with E-state index in [0.717, 1.165) is 48.3 Å². The molecule has 0 amide bonds. The fraction of sp³-hybridized carbons (Fsp3) is 0.897. The van der Waals surface area contributed by atoms with Crippen LogP contribution in [0.4, 0.5) is 0 Å². The number of esters is 1. The zero-order valence-corrected chi connectivity index (χ0v) is 23.7. The minimum atomic E-state index is -0.115. The van der Waals surface area contributed by atoms with Crippen molar-refractivity contribution in [2.24, 2.45) is 46.3 Å². The van der Waals surface area contributed by atoms with E-state index in [1.165, 1.54) is 57.8 Å². The molecule has 0 bridgehead atoms. The van der Waals surface area contributed by atoms with E-state index < -0.39 is 0 Å². The Bertz CT molecular complexity index is 741. The van der Waals surface area contributed by atoms with Gasteiger partial charge in [0.25, 0.3) is 0 Å². The number of halogens is 1. The normalized spacial score (nSPS) is 42.3. The van der Waals surface area contributed by atoms with Gasteiger partial charge in [-0.05, 0) is 117 Å². The predicted octanol–water partition coefficient (Wildman–Crippen LogP) is 8.72. The van der Waals surface area contributed by atoms with E-state index in [2.05, 4.69) is 57.2 Å². The molecule has 4 aliphatic rings. The number of hydrogen-bond acceptors (Lipinski definition) is 2. The second-order valence-corrected chi connectivity index (χ2v) is 14.2. The molecule has 3 unspecified atom stereocenters. The molecule has 3 heteroatoms. The minimum absolute atomic E-state index is 0.105. The van der Waals surface area contributed by atoms with Gasteiger partial charge in [-0.1, -0.05) is 59.5 Å². The Labute approximate surface area is 211 Å². The maximum Gasteiger partial charge on any atom is 0.302 e. The summed E-state index contributed by atoms with van der Waals surface area (Å²) in [6.45, 7) is 14.1. The molecule has 0 radical (unpaired) electrons. The standard InChI is InChI=1S/C29H47IO2/c1-18(2)8-7-9-19(3)23-10-11-24-22-17-27(30)26-16-21(32-20(4)31)12-14-29(26,6)25(22)13-15-28(23,24)5/h18-19,21-25H,7-17H2,1-6H3/t19-,21+,22?,23-,24?,25?,28-,29-/m1/s1. The van der Waals surface area contributed by atoms with Crippen molar-refractivity contribution in [3.05, 3.63) is 9.15 Å². The fourth-order valence-corrected chi connectivity index (χ4v) is 10.4. The van der Waals surface area contributed by atoms with Gasteiger partial charge in [-0.25, -0.2) is 0 Å². The molecule has 0 spiro atoms. The van der Waals surface area contributed by atoms with Gasteiger partial charge in [-0.15, -0.1) is 0 Å². The van der Waals surface area contributed by atoms with Gasteiger partial charge in [-0.3, -0.25) is 4.79 Å². The van der Waals surface area contributed by atoms with Crippen LogP contribution in [-0.2, 0) is 9.53 Å². The van der Waals surface area contributed by atoms with Gasteiger partial charge in [0.2, 0.25) is 0 Å². The maximum absolute atomic E-state index is 11.6. The van der Waals surface area contributed by atoms with Crippen LogP contribution in [0, 0.1) is 46.3 Å². The van der Waals surface area contributed by atoms with E-state index in [0.29, 0.717) is 10.8 Å². The van der Waals surface area contributed by atoms with Crippen molar-refractivity contribution in [3.8, 4) is 0 Å². The lowest BCUT2D eigenvalue weighted by Crippen LogP contribution is -2.51. The summed E-state index contributed by atoms with van der Waals surface area (Å²) in [5.74, 6) is 5.14. The van der Waals surface area contributed by atoms with Crippen LogP contribution in [0.5, 0.6) is 0 Å². The first kappa shape index (κ1) is 25.0. The Balaban J connectivity index is 1.51. The molecule has 3 saturated carbocycles. The van der Waals surface area contributed by atoms with Crippen LogP contribution in [0.25, 0.3) is 0 Å². The zero-order valence-electron chi connectivity index (χ0n) is 21.5. The van der Waals surface area contributed by atoms with Crippen molar-refractivity contribution in [2.45, 2.75) is 118 Å². The van der Waals surface area contributed by atoms with Crippen LogP contribution in [0.1, 0.15) is 112 Å². The Kier molecular flexibility index (Phi) is 7.46. The lowest BCUT2D eigenvalue weighted by Gasteiger charge is -2.59. The number of fused-ring (bicyclic) bond motifs is 5. The highest BCUT2D eigenvalue weighted by Crippen LogP contribution is 2.68. The molecule has 8 atom stereocenters. The lowest BCUT2D eigenvalue weighted by molar-refractivity contribution is -0.148. The average Bonchev–Trinajstić information content (AvgIpc) is 3.06. The number of allylic oxidation sites excluding steroid dienone is 1. The van der Waals surface area contributed by atoms with Crippen LogP contribution in [0.2, 0.25) is 0 Å². The molecule has 0 saturated heterocycles. The van der Waals surface area contributed by atoms with Gasteiger partial charge in [-0.2, -0.15) is 0 Å². The van der Waals surface area contributed by atoms with Crippen LogP contribution in [0.15, 0.2) is 9.15 Å². The van der Waals surface area contributed by atoms with Gasteiger partial charge >= 0.3 is 5.97 Å². The van der Waals surface area contributed by atoms with Crippen molar-refractivity contribution in [1.82, 2.24) is 0 Å². The highest BCUT2D eigenvalue weighted by atomic mass is 127. The second-order valence-electron chi connectivity index (χ2n) is 12.9. The molecular formula is C29H47IO2. The Morgan fingerprint density at radius 3 is 2.47 bits per heavy atom. The molecule has 0 aliphatic heterocycles. The molecule has 182 valence electrons. The van der Waals surface area contributed by atoms with E-state index in [4.69, 9.17) is 4.74 Å². The first-order valence-electron chi connectivity index (χ1n) is 13.6. The quantitative estimate of drug-likeness (QED) is 0.242. The van der Waals surface area contributed by atoms with Crippen LogP contribution >= 0.6 is 22.6 Å². The fourth-order valence-electron chi connectivity index (χ4n) is 9.06. The lowest BCUT2D eigenvalue weighted by atomic mass is 9.47. The van der Waals surface area contributed by atoms with Gasteiger partial charge in [0.05, 0.1) is 0 Å². The van der Waals surface area contributed by atoms with Gasteiger partial charge in [0.15, 0.2) is 0 Å². The predicted molar refractivity (Wildman–Crippen MR) is 142 cm³/mol. The van der Waals surface area contributed by atoms with Gasteiger partial charge in [0.1, 0.15) is 6.10 Å². The Morgan fingerprint density at radius 1 is 1.03 bits per heavy atom. The van der Waals surface area contributed by atoms with E-state index >= 15 is 0 Å². The van der Waals surface area contributed by atoms with Crippen LogP contribution in [0.3, 0.4) is 0 Å². The number of rotatable bonds is 6. The Morgan fingerprint density at radius 2 is 1.78 bits per heavy atom. The van der Waals surface area contributed by atoms with Crippen molar-refractivity contribution in [3.63, 3.8) is 0 Å². The summed E-state index contributed by atoms with van der Waals surface area (Å²) in [5.41, 5.74) is 2.54. The number of carbonyl (C=O) groups excluding carboxylic acids is 1. The molecule has 4 rings (SSSR count). The van der Waals surface area contributed by atoms with Crippen molar-refractivity contribution in [1.29, 1.82) is 0 Å². The van der Waals surface area contributed by atoms with Crippen LogP contribution in [-0.4, -0.2) is 12.1 Å². The summed E-state index contributed by atoms with van der Waals surface area (Å²) in [6, 6.07) is 0. The molecule has 3 fully saturated rings.